The Morgan fingerprint density at radius 3 is 2.66 bits per heavy atom. The molecule has 1 aromatic carbocycles. The molecule has 0 saturated heterocycles. The summed E-state index contributed by atoms with van der Waals surface area (Å²) < 4.78 is 5.78. The summed E-state index contributed by atoms with van der Waals surface area (Å²) in [5.74, 6) is 1.24. The van der Waals surface area contributed by atoms with Crippen LogP contribution in [0.4, 0.5) is 5.69 Å². The van der Waals surface area contributed by atoms with E-state index in [1.807, 2.05) is 12.1 Å². The second-order valence-electron chi connectivity index (χ2n) is 9.39. The largest absolute Gasteiger partial charge is 0.381 e. The highest BCUT2D eigenvalue weighted by Crippen LogP contribution is 2.37. The number of nitrogens with one attached hydrogen (secondary N) is 2. The summed E-state index contributed by atoms with van der Waals surface area (Å²) >= 11 is 0. The van der Waals surface area contributed by atoms with E-state index < -0.39 is 0 Å². The van der Waals surface area contributed by atoms with Gasteiger partial charge < -0.3 is 15.4 Å². The number of rotatable bonds is 8. The first-order chi connectivity index (χ1) is 13.9. The van der Waals surface area contributed by atoms with Crippen molar-refractivity contribution in [1.29, 1.82) is 0 Å². The normalized spacial score (nSPS) is 23.2. The monoisotopic (exact) mass is 400 g/mol. The van der Waals surface area contributed by atoms with E-state index in [1.165, 1.54) is 19.3 Å². The lowest BCUT2D eigenvalue weighted by molar-refractivity contribution is -0.117. The van der Waals surface area contributed by atoms with E-state index >= 15 is 0 Å². The molecular weight excluding hydrogens is 364 g/mol. The molecule has 3 rings (SSSR count). The zero-order valence-electron chi connectivity index (χ0n) is 18.2. The molecule has 0 unspecified atom stereocenters. The molecule has 0 aromatic heterocycles. The van der Waals surface area contributed by atoms with Gasteiger partial charge >= 0.3 is 0 Å². The van der Waals surface area contributed by atoms with Gasteiger partial charge in [-0.15, -0.1) is 0 Å². The smallest absolute Gasteiger partial charge is 0.251 e. The molecule has 29 heavy (non-hydrogen) atoms. The zero-order chi connectivity index (χ0) is 20.9. The molecule has 0 bridgehead atoms. The number of benzene rings is 1. The molecule has 0 radical (unpaired) electrons. The number of hydrogen-bond donors (Lipinski definition) is 2. The summed E-state index contributed by atoms with van der Waals surface area (Å²) in [4.78, 5) is 24.5. The number of carbonyl (C=O) groups is 2. The summed E-state index contributed by atoms with van der Waals surface area (Å²) in [5.41, 5.74) is 2.27. The highest BCUT2D eigenvalue weighted by Gasteiger charge is 2.32. The first kappa shape index (κ1) is 21.8. The van der Waals surface area contributed by atoms with Crippen molar-refractivity contribution >= 4 is 17.5 Å². The maximum atomic E-state index is 12.7. The third-order valence-corrected chi connectivity index (χ3v) is 6.40. The Labute approximate surface area is 175 Å². The second kappa shape index (κ2) is 9.75. The third kappa shape index (κ3) is 5.81. The molecule has 1 heterocycles. The molecule has 0 spiro atoms. The van der Waals surface area contributed by atoms with Gasteiger partial charge in [-0.2, -0.15) is 0 Å². The lowest BCUT2D eigenvalue weighted by Crippen LogP contribution is -2.34. The molecule has 5 heteroatoms. The molecule has 1 aromatic rings. The zero-order valence-corrected chi connectivity index (χ0v) is 18.2. The van der Waals surface area contributed by atoms with Crippen molar-refractivity contribution in [2.75, 3.05) is 25.1 Å². The summed E-state index contributed by atoms with van der Waals surface area (Å²) in [6.07, 6.45) is 7.47. The van der Waals surface area contributed by atoms with Gasteiger partial charge in [0, 0.05) is 42.8 Å². The molecule has 0 atom stereocenters. The molecule has 1 fully saturated rings. The van der Waals surface area contributed by atoms with Crippen molar-refractivity contribution in [3.63, 3.8) is 0 Å². The average Bonchev–Trinajstić information content (AvgIpc) is 2.69. The lowest BCUT2D eigenvalue weighted by atomic mass is 9.77. The van der Waals surface area contributed by atoms with Crippen LogP contribution in [-0.2, 0) is 14.9 Å². The highest BCUT2D eigenvalue weighted by atomic mass is 16.5. The number of hydrogen-bond acceptors (Lipinski definition) is 3. The predicted octanol–water partition coefficient (Wildman–Crippen LogP) is 4.66. The van der Waals surface area contributed by atoms with E-state index in [0.717, 1.165) is 50.3 Å². The van der Waals surface area contributed by atoms with Crippen LogP contribution in [0.2, 0.25) is 0 Å². The predicted molar refractivity (Wildman–Crippen MR) is 116 cm³/mol. The minimum atomic E-state index is -0.258. The van der Waals surface area contributed by atoms with Crippen molar-refractivity contribution in [3.05, 3.63) is 29.3 Å². The molecule has 1 aliphatic heterocycles. The SMILES string of the molecule is CCCCOCC1CCC(CNC(=O)c2ccc3c(c2)C(C)(C)CC(=O)N3)CC1. The Morgan fingerprint density at radius 2 is 1.93 bits per heavy atom. The van der Waals surface area contributed by atoms with Crippen LogP contribution in [0.15, 0.2) is 18.2 Å². The van der Waals surface area contributed by atoms with E-state index in [0.29, 0.717) is 23.8 Å². The van der Waals surface area contributed by atoms with Crippen LogP contribution in [0, 0.1) is 11.8 Å². The van der Waals surface area contributed by atoms with E-state index in [-0.39, 0.29) is 17.2 Å². The van der Waals surface area contributed by atoms with Gasteiger partial charge in [0.2, 0.25) is 5.91 Å². The van der Waals surface area contributed by atoms with Crippen LogP contribution in [0.1, 0.15) is 81.6 Å². The van der Waals surface area contributed by atoms with Crippen LogP contribution in [0.3, 0.4) is 0 Å². The minimum Gasteiger partial charge on any atom is -0.381 e. The summed E-state index contributed by atoms with van der Waals surface area (Å²) in [6.45, 7) is 8.80. The van der Waals surface area contributed by atoms with E-state index in [2.05, 4.69) is 31.4 Å². The third-order valence-electron chi connectivity index (χ3n) is 6.40. The van der Waals surface area contributed by atoms with Gasteiger partial charge in [-0.3, -0.25) is 9.59 Å². The van der Waals surface area contributed by atoms with E-state index in [4.69, 9.17) is 4.74 Å². The topological polar surface area (TPSA) is 67.4 Å². The number of ether oxygens (including phenoxy) is 1. The molecule has 160 valence electrons. The molecule has 2 amide bonds. The summed E-state index contributed by atoms with van der Waals surface area (Å²) in [7, 11) is 0. The van der Waals surface area contributed by atoms with Gasteiger partial charge in [-0.05, 0) is 67.7 Å². The van der Waals surface area contributed by atoms with Crippen molar-refractivity contribution in [1.82, 2.24) is 5.32 Å². The molecular formula is C24H36N2O3. The quantitative estimate of drug-likeness (QED) is 0.624. The Kier molecular flexibility index (Phi) is 7.33. The molecule has 1 saturated carbocycles. The van der Waals surface area contributed by atoms with Gasteiger partial charge in [0.1, 0.15) is 0 Å². The molecule has 2 aliphatic rings. The minimum absolute atomic E-state index is 0.0227. The summed E-state index contributed by atoms with van der Waals surface area (Å²) in [6, 6.07) is 5.60. The van der Waals surface area contributed by atoms with Gasteiger partial charge in [0.15, 0.2) is 0 Å². The average molecular weight is 401 g/mol. The van der Waals surface area contributed by atoms with Gasteiger partial charge in [0.05, 0.1) is 0 Å². The molecule has 5 nitrogen and oxygen atoms in total. The maximum absolute atomic E-state index is 12.7. The molecule has 2 N–H and O–H groups in total. The summed E-state index contributed by atoms with van der Waals surface area (Å²) in [5, 5.41) is 6.04. The lowest BCUT2D eigenvalue weighted by Gasteiger charge is -2.32. The van der Waals surface area contributed by atoms with Gasteiger partial charge in [0.25, 0.3) is 5.91 Å². The Hall–Kier alpha value is -1.88. The van der Waals surface area contributed by atoms with Gasteiger partial charge in [-0.1, -0.05) is 27.2 Å². The number of anilines is 1. The van der Waals surface area contributed by atoms with Crippen LogP contribution in [0.5, 0.6) is 0 Å². The standard InChI is InChI=1S/C24H36N2O3/c1-4-5-12-29-16-18-8-6-17(7-9-18)15-25-23(28)19-10-11-21-20(13-19)24(2,3)14-22(27)26-21/h10-11,13,17-18H,4-9,12,14-16H2,1-3H3,(H,25,28)(H,26,27). The Balaban J connectivity index is 1.47. The van der Waals surface area contributed by atoms with Crippen molar-refractivity contribution in [3.8, 4) is 0 Å². The number of fused-ring (bicyclic) bond motifs is 1. The fourth-order valence-electron chi connectivity index (χ4n) is 4.48. The van der Waals surface area contributed by atoms with Crippen molar-refractivity contribution < 1.29 is 14.3 Å². The van der Waals surface area contributed by atoms with Crippen LogP contribution < -0.4 is 10.6 Å². The highest BCUT2D eigenvalue weighted by molar-refractivity contribution is 5.98. The van der Waals surface area contributed by atoms with Gasteiger partial charge in [-0.25, -0.2) is 0 Å². The van der Waals surface area contributed by atoms with Crippen molar-refractivity contribution in [2.24, 2.45) is 11.8 Å². The fourth-order valence-corrected chi connectivity index (χ4v) is 4.48. The Morgan fingerprint density at radius 1 is 1.21 bits per heavy atom. The molecule has 1 aliphatic carbocycles. The fraction of sp³-hybridized carbons (Fsp3) is 0.667. The van der Waals surface area contributed by atoms with Crippen LogP contribution in [0.25, 0.3) is 0 Å². The second-order valence-corrected chi connectivity index (χ2v) is 9.39. The Bertz CT molecular complexity index is 721. The number of unbranched alkanes of at least 4 members (excludes halogenated alkanes) is 1. The van der Waals surface area contributed by atoms with E-state index in [1.54, 1.807) is 6.07 Å². The number of amides is 2. The van der Waals surface area contributed by atoms with Crippen LogP contribution in [-0.4, -0.2) is 31.6 Å². The van der Waals surface area contributed by atoms with E-state index in [9.17, 15) is 9.59 Å². The first-order valence-electron chi connectivity index (χ1n) is 11.2. The van der Waals surface area contributed by atoms with Crippen molar-refractivity contribution in [2.45, 2.75) is 71.1 Å². The first-order valence-corrected chi connectivity index (χ1v) is 11.2. The maximum Gasteiger partial charge on any atom is 0.251 e. The number of carbonyl (C=O) groups excluding carboxylic acids is 2. The van der Waals surface area contributed by atoms with Crippen LogP contribution >= 0.6 is 0 Å².